The highest BCUT2D eigenvalue weighted by Gasteiger charge is 2.51. The quantitative estimate of drug-likeness (QED) is 0.155. The zero-order chi connectivity index (χ0) is 44.8. The third kappa shape index (κ3) is 5.47. The van der Waals surface area contributed by atoms with Crippen molar-refractivity contribution in [3.63, 3.8) is 0 Å². The standard InChI is InChI=1S/C65H42N2O/c1-3-21-43(22-4-1)63-52-31-13-20-38-62(52)68-64(63)67(59-35-17-12-30-51(59)53-41-44-23-7-8-26-47(44)48-27-9-10-28-49(48)53)46-39-40-56-54(42-46)50-29-11-14-32-55(50)65(56)57-33-15-18-36-60(57)66(45-24-5-2-6-25-45)61-37-19-16-34-58(61)65/h1-42H. The van der Waals surface area contributed by atoms with E-state index >= 15 is 0 Å². The molecule has 318 valence electrons. The second-order valence-electron chi connectivity index (χ2n) is 17.9. The molecular formula is C65H42N2O. The maximum absolute atomic E-state index is 7.24. The molecule has 2 heterocycles. The first kappa shape index (κ1) is 38.4. The lowest BCUT2D eigenvalue weighted by molar-refractivity contribution is 0.622. The average Bonchev–Trinajstić information content (AvgIpc) is 3.93. The third-order valence-electron chi connectivity index (χ3n) is 14.4. The minimum atomic E-state index is -0.579. The molecule has 1 aromatic heterocycles. The summed E-state index contributed by atoms with van der Waals surface area (Å²) < 4.78 is 7.24. The number of hydrogen-bond acceptors (Lipinski definition) is 3. The minimum Gasteiger partial charge on any atom is -0.439 e. The van der Waals surface area contributed by atoms with Gasteiger partial charge in [0.15, 0.2) is 0 Å². The molecule has 12 aromatic rings. The summed E-state index contributed by atoms with van der Waals surface area (Å²) in [6.07, 6.45) is 0. The maximum Gasteiger partial charge on any atom is 0.213 e. The summed E-state index contributed by atoms with van der Waals surface area (Å²) >= 11 is 0. The topological polar surface area (TPSA) is 19.6 Å². The van der Waals surface area contributed by atoms with Crippen LogP contribution in [-0.4, -0.2) is 0 Å². The van der Waals surface area contributed by atoms with Gasteiger partial charge in [0, 0.05) is 22.3 Å². The van der Waals surface area contributed by atoms with E-state index < -0.39 is 5.41 Å². The fourth-order valence-corrected chi connectivity index (χ4v) is 11.7. The van der Waals surface area contributed by atoms with Crippen molar-refractivity contribution in [1.82, 2.24) is 0 Å². The molecule has 68 heavy (non-hydrogen) atoms. The van der Waals surface area contributed by atoms with Gasteiger partial charge in [0.2, 0.25) is 5.88 Å². The molecule has 0 N–H and O–H groups in total. The Morgan fingerprint density at radius 1 is 0.368 bits per heavy atom. The van der Waals surface area contributed by atoms with Crippen molar-refractivity contribution < 1.29 is 4.42 Å². The highest BCUT2D eigenvalue weighted by atomic mass is 16.4. The predicted molar refractivity (Wildman–Crippen MR) is 282 cm³/mol. The molecule has 0 amide bonds. The Morgan fingerprint density at radius 3 is 1.69 bits per heavy atom. The van der Waals surface area contributed by atoms with E-state index in [0.717, 1.165) is 50.6 Å². The van der Waals surface area contributed by atoms with Gasteiger partial charge in [0.1, 0.15) is 5.58 Å². The van der Waals surface area contributed by atoms with Crippen LogP contribution in [0.25, 0.3) is 65.9 Å². The maximum atomic E-state index is 7.24. The Labute approximate surface area is 395 Å². The summed E-state index contributed by atoms with van der Waals surface area (Å²) in [7, 11) is 0. The van der Waals surface area contributed by atoms with Crippen LogP contribution in [0.4, 0.5) is 34.3 Å². The molecule has 11 aromatic carbocycles. The zero-order valence-electron chi connectivity index (χ0n) is 37.1. The molecule has 0 saturated carbocycles. The average molecular weight is 867 g/mol. The summed E-state index contributed by atoms with van der Waals surface area (Å²) in [6.45, 7) is 0. The van der Waals surface area contributed by atoms with E-state index in [9.17, 15) is 0 Å². The Morgan fingerprint density at radius 2 is 0.926 bits per heavy atom. The van der Waals surface area contributed by atoms with Gasteiger partial charge >= 0.3 is 0 Å². The van der Waals surface area contributed by atoms with Crippen LogP contribution in [-0.2, 0) is 5.41 Å². The van der Waals surface area contributed by atoms with Crippen molar-refractivity contribution >= 4 is 66.8 Å². The van der Waals surface area contributed by atoms with Gasteiger partial charge < -0.3 is 9.32 Å². The fourth-order valence-electron chi connectivity index (χ4n) is 11.7. The Kier molecular flexibility index (Phi) is 8.50. The van der Waals surface area contributed by atoms with E-state index in [1.165, 1.54) is 71.9 Å². The predicted octanol–water partition coefficient (Wildman–Crippen LogP) is 17.7. The first-order valence-corrected chi connectivity index (χ1v) is 23.4. The molecule has 14 rings (SSSR count). The normalized spacial score (nSPS) is 13.1. The lowest BCUT2D eigenvalue weighted by atomic mass is 9.64. The van der Waals surface area contributed by atoms with Gasteiger partial charge in [-0.05, 0) is 121 Å². The third-order valence-corrected chi connectivity index (χ3v) is 14.4. The van der Waals surface area contributed by atoms with Crippen LogP contribution in [0.15, 0.2) is 259 Å². The summed E-state index contributed by atoms with van der Waals surface area (Å²) in [5.74, 6) is 0.766. The van der Waals surface area contributed by atoms with E-state index in [4.69, 9.17) is 4.42 Å². The molecule has 1 aliphatic heterocycles. The molecule has 2 aliphatic rings. The lowest BCUT2D eigenvalue weighted by Gasteiger charge is -2.45. The lowest BCUT2D eigenvalue weighted by Crippen LogP contribution is -2.36. The Balaban J connectivity index is 1.06. The molecule has 1 aliphatic carbocycles. The zero-order valence-corrected chi connectivity index (χ0v) is 37.1. The van der Waals surface area contributed by atoms with Crippen LogP contribution in [0.3, 0.4) is 0 Å². The van der Waals surface area contributed by atoms with Crippen LogP contribution in [0, 0.1) is 0 Å². The molecular weight excluding hydrogens is 825 g/mol. The molecule has 0 atom stereocenters. The number of anilines is 6. The van der Waals surface area contributed by atoms with Gasteiger partial charge in [0.25, 0.3) is 0 Å². The van der Waals surface area contributed by atoms with Gasteiger partial charge in [-0.1, -0.05) is 200 Å². The number of nitrogens with zero attached hydrogens (tertiary/aromatic N) is 2. The first-order chi connectivity index (χ1) is 33.8. The van der Waals surface area contributed by atoms with Crippen molar-refractivity contribution in [3.8, 4) is 33.4 Å². The van der Waals surface area contributed by atoms with Crippen molar-refractivity contribution in [3.05, 3.63) is 277 Å². The number of fused-ring (bicyclic) bond motifs is 13. The van der Waals surface area contributed by atoms with Crippen LogP contribution in [0.1, 0.15) is 22.3 Å². The number of para-hydroxylation sites is 5. The smallest absolute Gasteiger partial charge is 0.213 e. The van der Waals surface area contributed by atoms with Crippen molar-refractivity contribution in [2.24, 2.45) is 0 Å². The Bertz CT molecular complexity index is 3900. The van der Waals surface area contributed by atoms with Crippen molar-refractivity contribution in [2.45, 2.75) is 5.41 Å². The first-order valence-electron chi connectivity index (χ1n) is 23.4. The second-order valence-corrected chi connectivity index (χ2v) is 17.9. The minimum absolute atomic E-state index is 0.579. The number of furan rings is 1. The molecule has 1 spiro atoms. The Hall–Kier alpha value is -8.92. The number of rotatable bonds is 6. The molecule has 0 fully saturated rings. The molecule has 0 unspecified atom stereocenters. The van der Waals surface area contributed by atoms with Crippen molar-refractivity contribution in [1.29, 1.82) is 0 Å². The largest absolute Gasteiger partial charge is 0.439 e. The van der Waals surface area contributed by atoms with E-state index in [2.05, 4.69) is 265 Å². The van der Waals surface area contributed by atoms with Gasteiger partial charge in [-0.25, -0.2) is 0 Å². The highest BCUT2D eigenvalue weighted by molar-refractivity contribution is 6.15. The van der Waals surface area contributed by atoms with Crippen LogP contribution in [0.5, 0.6) is 0 Å². The summed E-state index contributed by atoms with van der Waals surface area (Å²) in [5.41, 5.74) is 17.7. The molecule has 0 radical (unpaired) electrons. The highest BCUT2D eigenvalue weighted by Crippen LogP contribution is 2.64. The van der Waals surface area contributed by atoms with E-state index in [0.29, 0.717) is 0 Å². The monoisotopic (exact) mass is 866 g/mol. The molecule has 0 bridgehead atoms. The number of hydrogen-bond donors (Lipinski definition) is 0. The van der Waals surface area contributed by atoms with Crippen LogP contribution in [0.2, 0.25) is 0 Å². The summed E-state index contributed by atoms with van der Waals surface area (Å²) in [6, 6.07) is 92.9. The van der Waals surface area contributed by atoms with Gasteiger partial charge in [-0.15, -0.1) is 0 Å². The molecule has 3 nitrogen and oxygen atoms in total. The SMILES string of the molecule is c1ccc(-c2c(N(c3ccc4c(c3)-c3ccccc3C43c4ccccc4N(c4ccccc4)c4ccccc43)c3ccccc3-c3cc4ccccc4c4ccccc34)oc3ccccc23)cc1. The second kappa shape index (κ2) is 15.1. The van der Waals surface area contributed by atoms with E-state index in [1.807, 2.05) is 0 Å². The van der Waals surface area contributed by atoms with Gasteiger partial charge in [-0.3, -0.25) is 4.90 Å². The van der Waals surface area contributed by atoms with Gasteiger partial charge in [0.05, 0.1) is 28.0 Å². The van der Waals surface area contributed by atoms with Crippen LogP contribution < -0.4 is 9.80 Å². The molecule has 3 heteroatoms. The summed E-state index contributed by atoms with van der Waals surface area (Å²) in [4.78, 5) is 4.82. The number of benzene rings is 11. The molecule has 0 saturated heterocycles. The van der Waals surface area contributed by atoms with Gasteiger partial charge in [-0.2, -0.15) is 0 Å². The van der Waals surface area contributed by atoms with Crippen LogP contribution >= 0.6 is 0 Å². The van der Waals surface area contributed by atoms with E-state index in [-0.39, 0.29) is 0 Å². The van der Waals surface area contributed by atoms with Crippen molar-refractivity contribution in [2.75, 3.05) is 9.80 Å². The fraction of sp³-hybridized carbons (Fsp3) is 0.0154. The van der Waals surface area contributed by atoms with E-state index in [1.54, 1.807) is 0 Å². The summed E-state index contributed by atoms with van der Waals surface area (Å²) in [5, 5.41) is 5.95.